The Labute approximate surface area is 410 Å². The zero-order valence-corrected chi connectivity index (χ0v) is 39.5. The van der Waals surface area contributed by atoms with Crippen LogP contribution in [0, 0.1) is 5.92 Å². The molecule has 0 bridgehead atoms. The van der Waals surface area contributed by atoms with Crippen molar-refractivity contribution in [3.05, 3.63) is 268 Å². The van der Waals surface area contributed by atoms with Crippen LogP contribution in [-0.2, 0) is 10.8 Å². The molecule has 2 unspecified atom stereocenters. The summed E-state index contributed by atoms with van der Waals surface area (Å²) in [6.07, 6.45) is 7.78. The van der Waals surface area contributed by atoms with E-state index in [2.05, 4.69) is 225 Å². The molecule has 9 aromatic carbocycles. The van der Waals surface area contributed by atoms with Gasteiger partial charge in [0.2, 0.25) is 0 Å². The summed E-state index contributed by atoms with van der Waals surface area (Å²) in [5.74, 6) is 0.409. The van der Waals surface area contributed by atoms with E-state index in [-0.39, 0.29) is 0 Å². The summed E-state index contributed by atoms with van der Waals surface area (Å²) in [5.41, 5.74) is 21.3. The van der Waals surface area contributed by atoms with Gasteiger partial charge in [-0.2, -0.15) is 0 Å². The molecule has 0 amide bonds. The molecule has 5 aliphatic rings. The van der Waals surface area contributed by atoms with Gasteiger partial charge in [0.25, 0.3) is 0 Å². The molecule has 0 N–H and O–H groups in total. The SMILES string of the molecule is C=Cc1ccc2c(c1)Sc1ccc(N(c3ccc4c(c3)C3(c5ccccc5S4)c4ccccc4-c4ccccc43)c3cccc4oc5ccccc5c34)cc1C21C2=C(C=CC(C)C2)c2ccccc21. The molecule has 15 rings (SSSR count). The van der Waals surface area contributed by atoms with Crippen LogP contribution in [0.1, 0.15) is 63.4 Å². The van der Waals surface area contributed by atoms with Gasteiger partial charge in [-0.25, -0.2) is 0 Å². The summed E-state index contributed by atoms with van der Waals surface area (Å²) >= 11 is 3.78. The molecule has 2 spiro atoms. The van der Waals surface area contributed by atoms with Gasteiger partial charge < -0.3 is 9.32 Å². The summed E-state index contributed by atoms with van der Waals surface area (Å²) in [6.45, 7) is 6.56. The zero-order valence-electron chi connectivity index (χ0n) is 37.9. The van der Waals surface area contributed by atoms with Gasteiger partial charge >= 0.3 is 0 Å². The lowest BCUT2D eigenvalue weighted by Gasteiger charge is -2.43. The van der Waals surface area contributed by atoms with Crippen molar-refractivity contribution in [1.29, 1.82) is 0 Å². The first-order valence-corrected chi connectivity index (χ1v) is 25.6. The molecule has 4 heteroatoms. The first-order chi connectivity index (χ1) is 34.0. The molecule has 10 aromatic rings. The first kappa shape index (κ1) is 39.5. The maximum absolute atomic E-state index is 6.68. The number of allylic oxidation sites excluding steroid dienone is 4. The van der Waals surface area contributed by atoms with Gasteiger partial charge in [0, 0.05) is 36.3 Å². The van der Waals surface area contributed by atoms with Crippen molar-refractivity contribution < 1.29 is 4.42 Å². The number of anilines is 3. The average Bonchev–Trinajstić information content (AvgIpc) is 4.02. The lowest BCUT2D eigenvalue weighted by Crippen LogP contribution is -2.34. The lowest BCUT2D eigenvalue weighted by atomic mass is 9.64. The van der Waals surface area contributed by atoms with E-state index in [1.165, 1.54) is 86.4 Å². The molecule has 69 heavy (non-hydrogen) atoms. The van der Waals surface area contributed by atoms with Gasteiger partial charge in [-0.3, -0.25) is 0 Å². The van der Waals surface area contributed by atoms with Gasteiger partial charge in [-0.1, -0.05) is 183 Å². The Morgan fingerprint density at radius 3 is 1.84 bits per heavy atom. The van der Waals surface area contributed by atoms with Gasteiger partial charge in [-0.15, -0.1) is 0 Å². The van der Waals surface area contributed by atoms with Crippen molar-refractivity contribution in [3.8, 4) is 11.1 Å². The number of hydrogen-bond donors (Lipinski definition) is 0. The summed E-state index contributed by atoms with van der Waals surface area (Å²) in [6, 6.07) is 73.1. The lowest BCUT2D eigenvalue weighted by molar-refractivity contribution is 0.606. The Morgan fingerprint density at radius 1 is 0.522 bits per heavy atom. The van der Waals surface area contributed by atoms with Crippen LogP contribution >= 0.6 is 23.5 Å². The van der Waals surface area contributed by atoms with Crippen molar-refractivity contribution in [2.24, 2.45) is 5.92 Å². The third-order valence-electron chi connectivity index (χ3n) is 15.7. The number of rotatable bonds is 4. The van der Waals surface area contributed by atoms with Crippen molar-refractivity contribution in [2.75, 3.05) is 4.90 Å². The molecule has 0 radical (unpaired) electrons. The molecule has 3 heterocycles. The van der Waals surface area contributed by atoms with E-state index in [1.807, 2.05) is 29.6 Å². The highest BCUT2D eigenvalue weighted by Gasteiger charge is 2.53. The second kappa shape index (κ2) is 14.5. The number of furan rings is 1. The molecule has 2 aliphatic heterocycles. The van der Waals surface area contributed by atoms with E-state index in [1.54, 1.807) is 0 Å². The van der Waals surface area contributed by atoms with Crippen LogP contribution in [0.2, 0.25) is 0 Å². The molecule has 326 valence electrons. The number of fused-ring (bicyclic) bond motifs is 20. The predicted molar refractivity (Wildman–Crippen MR) is 287 cm³/mol. The minimum absolute atomic E-state index is 0.409. The minimum atomic E-state index is -0.521. The number of para-hydroxylation sites is 1. The zero-order chi connectivity index (χ0) is 45.6. The highest BCUT2D eigenvalue weighted by atomic mass is 32.2. The molecule has 3 aliphatic carbocycles. The Hall–Kier alpha value is -7.50. The molecular weight excluding hydrogens is 875 g/mol. The standard InChI is InChI=1S/C65H43NOS2/c1-3-40-28-32-52-62(36-40)69-61-34-30-42(38-55(61)65(52)50-21-10-6-17-45(50)46-31-27-39(2)35-53(46)65)66(56-23-14-25-58-63(56)47-18-7-12-24-57(47)67-58)41-29-33-60-54(37-41)64(51-22-11-13-26-59(51)68-60)48-19-8-4-15-43(48)44-16-5-9-20-49(44)64/h3-34,36-39H,1,35H2,2H3. The van der Waals surface area contributed by atoms with Crippen LogP contribution in [0.15, 0.2) is 242 Å². The summed E-state index contributed by atoms with van der Waals surface area (Å²) in [5, 5.41) is 2.20. The molecule has 1 aromatic heterocycles. The normalized spacial score (nSPS) is 18.3. The maximum Gasteiger partial charge on any atom is 0.137 e. The fraction of sp³-hybridized carbons (Fsp3) is 0.0769. The Bertz CT molecular complexity index is 3920. The summed E-state index contributed by atoms with van der Waals surface area (Å²) in [4.78, 5) is 7.67. The van der Waals surface area contributed by atoms with Crippen LogP contribution in [0.4, 0.5) is 17.1 Å². The average molecular weight is 918 g/mol. The van der Waals surface area contributed by atoms with Gasteiger partial charge in [0.1, 0.15) is 11.2 Å². The predicted octanol–water partition coefficient (Wildman–Crippen LogP) is 17.7. The monoisotopic (exact) mass is 917 g/mol. The van der Waals surface area contributed by atoms with Crippen molar-refractivity contribution >= 4 is 74.2 Å². The fourth-order valence-corrected chi connectivity index (χ4v) is 15.4. The highest BCUT2D eigenvalue weighted by molar-refractivity contribution is 7.99. The van der Waals surface area contributed by atoms with E-state index < -0.39 is 10.8 Å². The van der Waals surface area contributed by atoms with E-state index >= 15 is 0 Å². The van der Waals surface area contributed by atoms with Crippen LogP contribution in [0.25, 0.3) is 44.7 Å². The third kappa shape index (κ3) is 5.20. The molecule has 0 saturated carbocycles. The van der Waals surface area contributed by atoms with Gasteiger partial charge in [0.15, 0.2) is 0 Å². The van der Waals surface area contributed by atoms with Crippen molar-refractivity contribution in [2.45, 2.75) is 43.8 Å². The molecular formula is C65H43NOS2. The second-order valence-electron chi connectivity index (χ2n) is 19.2. The van der Waals surface area contributed by atoms with E-state index in [4.69, 9.17) is 4.42 Å². The second-order valence-corrected chi connectivity index (χ2v) is 21.3. The number of nitrogens with zero attached hydrogens (tertiary/aromatic N) is 1. The van der Waals surface area contributed by atoms with Crippen LogP contribution < -0.4 is 4.90 Å². The van der Waals surface area contributed by atoms with Crippen LogP contribution in [-0.4, -0.2) is 0 Å². The maximum atomic E-state index is 6.68. The first-order valence-electron chi connectivity index (χ1n) is 24.0. The summed E-state index contributed by atoms with van der Waals surface area (Å²) in [7, 11) is 0. The largest absolute Gasteiger partial charge is 0.456 e. The minimum Gasteiger partial charge on any atom is -0.456 e. The van der Waals surface area contributed by atoms with E-state index in [0.717, 1.165) is 51.0 Å². The smallest absolute Gasteiger partial charge is 0.137 e. The highest BCUT2D eigenvalue weighted by Crippen LogP contribution is 2.66. The van der Waals surface area contributed by atoms with E-state index in [9.17, 15) is 0 Å². The van der Waals surface area contributed by atoms with Crippen LogP contribution in [0.5, 0.6) is 0 Å². The van der Waals surface area contributed by atoms with E-state index in [0.29, 0.717) is 5.92 Å². The van der Waals surface area contributed by atoms with Crippen molar-refractivity contribution in [3.63, 3.8) is 0 Å². The summed E-state index contributed by atoms with van der Waals surface area (Å²) < 4.78 is 6.68. The Kier molecular flexibility index (Phi) is 8.30. The van der Waals surface area contributed by atoms with Crippen LogP contribution in [0.3, 0.4) is 0 Å². The number of hydrogen-bond acceptors (Lipinski definition) is 4. The Morgan fingerprint density at radius 2 is 1.10 bits per heavy atom. The van der Waals surface area contributed by atoms with Crippen molar-refractivity contribution in [1.82, 2.24) is 0 Å². The fourth-order valence-electron chi connectivity index (χ4n) is 13.0. The third-order valence-corrected chi connectivity index (χ3v) is 18.0. The Balaban J connectivity index is 1.04. The van der Waals surface area contributed by atoms with Gasteiger partial charge in [0.05, 0.1) is 21.9 Å². The van der Waals surface area contributed by atoms with Gasteiger partial charge in [-0.05, 0) is 151 Å². The molecule has 0 saturated heterocycles. The quantitative estimate of drug-likeness (QED) is 0.175. The molecule has 0 fully saturated rings. The topological polar surface area (TPSA) is 16.4 Å². The number of benzene rings is 9. The molecule has 2 nitrogen and oxygen atoms in total. The molecule has 2 atom stereocenters.